The fourth-order valence-corrected chi connectivity index (χ4v) is 6.50. The Balaban J connectivity index is 1.27. The van der Waals surface area contributed by atoms with Crippen LogP contribution in [-0.4, -0.2) is 91.4 Å². The van der Waals surface area contributed by atoms with E-state index in [0.29, 0.717) is 31.0 Å². The first-order chi connectivity index (χ1) is 18.1. The lowest BCUT2D eigenvalue weighted by atomic mass is 10.1. The third-order valence-electron chi connectivity index (χ3n) is 6.27. The summed E-state index contributed by atoms with van der Waals surface area (Å²) < 4.78 is 33.3. The highest BCUT2D eigenvalue weighted by molar-refractivity contribution is 7.89. The number of carbonyl (C=O) groups is 2. The van der Waals surface area contributed by atoms with Gasteiger partial charge in [0.2, 0.25) is 15.9 Å². The quantitative estimate of drug-likeness (QED) is 0.404. The summed E-state index contributed by atoms with van der Waals surface area (Å²) in [6.07, 6.45) is 0.459. The molecule has 1 fully saturated rings. The van der Waals surface area contributed by atoms with Crippen LogP contribution in [0.25, 0.3) is 0 Å². The second-order valence-corrected chi connectivity index (χ2v) is 11.7. The summed E-state index contributed by atoms with van der Waals surface area (Å²) in [6, 6.07) is 11.6. The van der Waals surface area contributed by atoms with Gasteiger partial charge in [-0.25, -0.2) is 13.2 Å². The zero-order chi connectivity index (χ0) is 27.4. The van der Waals surface area contributed by atoms with Crippen molar-refractivity contribution in [2.24, 2.45) is 4.99 Å². The molecule has 0 spiro atoms. The number of sulfonamides is 1. The first-order valence-electron chi connectivity index (χ1n) is 12.0. The van der Waals surface area contributed by atoms with Crippen molar-refractivity contribution in [1.82, 2.24) is 14.1 Å². The van der Waals surface area contributed by atoms with Crippen molar-refractivity contribution in [2.75, 3.05) is 39.9 Å². The van der Waals surface area contributed by atoms with Gasteiger partial charge in [-0.05, 0) is 30.5 Å². The van der Waals surface area contributed by atoms with Crippen molar-refractivity contribution in [3.8, 4) is 0 Å². The Hall–Kier alpha value is -2.70. The minimum Gasteiger partial charge on any atom is -0.465 e. The van der Waals surface area contributed by atoms with Crippen LogP contribution >= 0.6 is 23.2 Å². The predicted octanol–water partition coefficient (Wildman–Crippen LogP) is 3.56. The molecular formula is C25H28Cl2N4O6S. The van der Waals surface area contributed by atoms with E-state index in [9.17, 15) is 23.1 Å². The summed E-state index contributed by atoms with van der Waals surface area (Å²) in [5, 5.41) is 9.44. The molecule has 0 unspecified atom stereocenters. The highest BCUT2D eigenvalue weighted by Gasteiger charge is 2.39. The minimum absolute atomic E-state index is 0.0130. The van der Waals surface area contributed by atoms with E-state index < -0.39 is 16.1 Å². The molecule has 4 rings (SSSR count). The number of rotatable bonds is 11. The third-order valence-corrected chi connectivity index (χ3v) is 9.19. The molecule has 0 saturated heterocycles. The monoisotopic (exact) mass is 582 g/mol. The van der Waals surface area contributed by atoms with E-state index in [1.807, 2.05) is 12.1 Å². The molecule has 13 heteroatoms. The van der Waals surface area contributed by atoms with E-state index in [1.54, 1.807) is 19.2 Å². The Morgan fingerprint density at radius 1 is 1.16 bits per heavy atom. The normalized spacial score (nSPS) is 15.6. The summed E-state index contributed by atoms with van der Waals surface area (Å²) in [4.78, 5) is 30.9. The molecule has 0 radical (unpaired) electrons. The number of halogens is 2. The Kier molecular flexibility index (Phi) is 8.94. The van der Waals surface area contributed by atoms with E-state index in [-0.39, 0.29) is 46.6 Å². The first-order valence-corrected chi connectivity index (χ1v) is 14.2. The Labute approximate surface area is 231 Å². The second kappa shape index (κ2) is 12.0. The van der Waals surface area contributed by atoms with Gasteiger partial charge in [-0.15, -0.1) is 0 Å². The molecule has 1 saturated carbocycles. The number of nitrogens with zero attached hydrogens (tertiary/aromatic N) is 4. The van der Waals surface area contributed by atoms with Gasteiger partial charge < -0.3 is 14.7 Å². The number of aliphatic imine (C=N–C) groups is 1. The molecule has 0 bridgehead atoms. The van der Waals surface area contributed by atoms with Crippen LogP contribution in [-0.2, 0) is 26.1 Å². The fourth-order valence-electron chi connectivity index (χ4n) is 4.10. The maximum absolute atomic E-state index is 13.2. The molecule has 0 atom stereocenters. The van der Waals surface area contributed by atoms with Crippen LogP contribution in [0.3, 0.4) is 0 Å². The number of carbonyl (C=O) groups excluding carboxylic acids is 1. The molecule has 1 N–H and O–H groups in total. The lowest BCUT2D eigenvalue weighted by Crippen LogP contribution is -2.37. The summed E-state index contributed by atoms with van der Waals surface area (Å²) in [5.74, 6) is 0.159. The first kappa shape index (κ1) is 28.3. The zero-order valence-electron chi connectivity index (χ0n) is 20.7. The predicted molar refractivity (Wildman–Crippen MR) is 143 cm³/mol. The van der Waals surface area contributed by atoms with Gasteiger partial charge in [-0.2, -0.15) is 4.31 Å². The van der Waals surface area contributed by atoms with Crippen molar-refractivity contribution in [3.63, 3.8) is 0 Å². The van der Waals surface area contributed by atoms with Gasteiger partial charge >= 0.3 is 6.09 Å². The average Bonchev–Trinajstić information content (AvgIpc) is 3.59. The Morgan fingerprint density at radius 2 is 1.87 bits per heavy atom. The summed E-state index contributed by atoms with van der Waals surface area (Å²) in [6.45, 7) is 1.03. The number of hydrogen-bond donors (Lipinski definition) is 1. The van der Waals surface area contributed by atoms with Crippen LogP contribution in [0.1, 0.15) is 24.0 Å². The lowest BCUT2D eigenvalue weighted by molar-refractivity contribution is -0.135. The molecule has 204 valence electrons. The topological polar surface area (TPSA) is 120 Å². The molecule has 2 aromatic rings. The molecular weight excluding hydrogens is 555 g/mol. The number of ether oxygens (including phenoxy) is 1. The van der Waals surface area contributed by atoms with E-state index in [0.717, 1.165) is 18.4 Å². The molecule has 2 amide bonds. The van der Waals surface area contributed by atoms with Gasteiger partial charge in [-0.1, -0.05) is 53.5 Å². The number of amides is 2. The van der Waals surface area contributed by atoms with Crippen molar-refractivity contribution < 1.29 is 27.9 Å². The minimum atomic E-state index is -3.87. The summed E-state index contributed by atoms with van der Waals surface area (Å²) in [7, 11) is -2.22. The molecule has 38 heavy (non-hydrogen) atoms. The SMILES string of the molecule is CN(Cc1ccc(C2=NCCN2C(=O)O)cc1)C(=O)COCCN(C1CC1)S(=O)(=O)c1cccc(Cl)c1Cl. The standard InChI is InChI=1S/C25H28Cl2N4O6S/c1-29(15-17-5-7-18(8-6-17)24-28-11-12-30(24)25(33)34)22(32)16-37-14-13-31(19-9-10-19)38(35,36)21-4-2-3-20(26)23(21)27/h2-8,19H,9-16H2,1H3,(H,33,34). The second-order valence-electron chi connectivity index (χ2n) is 9.04. The number of hydrogen-bond acceptors (Lipinski definition) is 6. The molecule has 2 aromatic carbocycles. The lowest BCUT2D eigenvalue weighted by Gasteiger charge is -2.23. The Morgan fingerprint density at radius 3 is 2.53 bits per heavy atom. The molecule has 1 aliphatic heterocycles. The Bertz CT molecular complexity index is 1330. The van der Waals surface area contributed by atoms with E-state index in [2.05, 4.69) is 4.99 Å². The van der Waals surface area contributed by atoms with Gasteiger partial charge in [0.1, 0.15) is 17.3 Å². The van der Waals surface area contributed by atoms with Gasteiger partial charge in [0.25, 0.3) is 0 Å². The summed E-state index contributed by atoms with van der Waals surface area (Å²) >= 11 is 12.2. The van der Waals surface area contributed by atoms with Crippen LogP contribution in [0.15, 0.2) is 52.4 Å². The molecule has 10 nitrogen and oxygen atoms in total. The van der Waals surface area contributed by atoms with Gasteiger partial charge in [-0.3, -0.25) is 14.7 Å². The van der Waals surface area contributed by atoms with E-state index >= 15 is 0 Å². The van der Waals surface area contributed by atoms with Crippen molar-refractivity contribution in [2.45, 2.75) is 30.3 Å². The van der Waals surface area contributed by atoms with Crippen LogP contribution < -0.4 is 0 Å². The molecule has 0 aromatic heterocycles. The summed E-state index contributed by atoms with van der Waals surface area (Å²) in [5.41, 5.74) is 1.55. The molecule has 1 heterocycles. The highest BCUT2D eigenvalue weighted by Crippen LogP contribution is 2.36. The van der Waals surface area contributed by atoms with E-state index in [1.165, 1.54) is 32.3 Å². The molecule has 2 aliphatic rings. The van der Waals surface area contributed by atoms with Crippen LogP contribution in [0.2, 0.25) is 10.0 Å². The number of carboxylic acid groups (broad SMARTS) is 1. The van der Waals surface area contributed by atoms with Crippen molar-refractivity contribution in [3.05, 3.63) is 63.6 Å². The maximum atomic E-state index is 13.2. The van der Waals surface area contributed by atoms with E-state index in [4.69, 9.17) is 27.9 Å². The van der Waals surface area contributed by atoms with Crippen LogP contribution in [0.4, 0.5) is 4.79 Å². The zero-order valence-corrected chi connectivity index (χ0v) is 23.0. The number of benzene rings is 2. The van der Waals surface area contributed by atoms with Crippen LogP contribution in [0.5, 0.6) is 0 Å². The largest absolute Gasteiger partial charge is 0.465 e. The van der Waals surface area contributed by atoms with Gasteiger partial charge in [0.05, 0.1) is 29.7 Å². The number of likely N-dealkylation sites (N-methyl/N-ethyl adjacent to an activating group) is 1. The van der Waals surface area contributed by atoms with Gasteiger partial charge in [0, 0.05) is 31.7 Å². The van der Waals surface area contributed by atoms with Crippen molar-refractivity contribution in [1.29, 1.82) is 0 Å². The molecule has 1 aliphatic carbocycles. The number of amidine groups is 1. The third kappa shape index (κ3) is 6.47. The maximum Gasteiger partial charge on any atom is 0.413 e. The van der Waals surface area contributed by atoms with Crippen LogP contribution in [0, 0.1) is 0 Å². The highest BCUT2D eigenvalue weighted by atomic mass is 35.5. The van der Waals surface area contributed by atoms with Gasteiger partial charge in [0.15, 0.2) is 0 Å². The van der Waals surface area contributed by atoms with Crippen molar-refractivity contribution >= 4 is 51.1 Å². The smallest absolute Gasteiger partial charge is 0.413 e. The average molecular weight is 583 g/mol. The fraction of sp³-hybridized carbons (Fsp3) is 0.400.